The first kappa shape index (κ1) is 20.8. The summed E-state index contributed by atoms with van der Waals surface area (Å²) in [5.41, 5.74) is 2.94. The van der Waals surface area contributed by atoms with Crippen LogP contribution in [0.2, 0.25) is 0 Å². The van der Waals surface area contributed by atoms with Crippen molar-refractivity contribution in [1.82, 2.24) is 0 Å². The van der Waals surface area contributed by atoms with Crippen LogP contribution in [0.4, 0.5) is 11.4 Å². The standard InChI is InChI=1S/C23H28N2O4/c1-4-29-21-16(2)14-19(15-17(21)3)24-22(26)23(12-6-5-7-13-23)18-8-10-20(11-9-18)25(27)28/h8-11,14-15H,4-7,12-13H2,1-3H3,(H,24,26). The lowest BCUT2D eigenvalue weighted by Gasteiger charge is -2.36. The van der Waals surface area contributed by atoms with E-state index in [0.717, 1.165) is 60.2 Å². The molecular formula is C23H28N2O4. The first-order valence-electron chi connectivity index (χ1n) is 10.2. The maximum Gasteiger partial charge on any atom is 0.269 e. The third-order valence-electron chi connectivity index (χ3n) is 5.78. The lowest BCUT2D eigenvalue weighted by molar-refractivity contribution is -0.384. The van der Waals surface area contributed by atoms with Gasteiger partial charge in [0.15, 0.2) is 0 Å². The highest BCUT2D eigenvalue weighted by Crippen LogP contribution is 2.41. The predicted molar refractivity (Wildman–Crippen MR) is 114 cm³/mol. The number of aryl methyl sites for hydroxylation is 2. The average molecular weight is 396 g/mol. The number of nitrogens with zero attached hydrogens (tertiary/aromatic N) is 1. The Morgan fingerprint density at radius 3 is 2.21 bits per heavy atom. The van der Waals surface area contributed by atoms with Crippen LogP contribution >= 0.6 is 0 Å². The molecule has 1 aliphatic carbocycles. The highest BCUT2D eigenvalue weighted by atomic mass is 16.6. The fraction of sp³-hybridized carbons (Fsp3) is 0.435. The third-order valence-corrected chi connectivity index (χ3v) is 5.78. The second kappa shape index (κ2) is 8.64. The molecule has 2 aromatic rings. The molecule has 154 valence electrons. The number of amides is 1. The van der Waals surface area contributed by atoms with E-state index in [1.807, 2.05) is 32.9 Å². The molecule has 0 atom stereocenters. The minimum atomic E-state index is -0.659. The van der Waals surface area contributed by atoms with Crippen molar-refractivity contribution >= 4 is 17.3 Å². The number of benzene rings is 2. The van der Waals surface area contributed by atoms with E-state index >= 15 is 0 Å². The normalized spacial score (nSPS) is 15.6. The molecule has 1 fully saturated rings. The summed E-state index contributed by atoms with van der Waals surface area (Å²) in [7, 11) is 0. The van der Waals surface area contributed by atoms with E-state index in [4.69, 9.17) is 4.74 Å². The summed E-state index contributed by atoms with van der Waals surface area (Å²) in [6.07, 6.45) is 4.51. The van der Waals surface area contributed by atoms with E-state index in [0.29, 0.717) is 6.61 Å². The van der Waals surface area contributed by atoms with Crippen molar-refractivity contribution in [2.45, 2.75) is 58.3 Å². The summed E-state index contributed by atoms with van der Waals surface area (Å²) in [6.45, 7) is 6.49. The number of nitro benzene ring substituents is 1. The van der Waals surface area contributed by atoms with Crippen molar-refractivity contribution in [2.75, 3.05) is 11.9 Å². The van der Waals surface area contributed by atoms with Crippen molar-refractivity contribution < 1.29 is 14.5 Å². The van der Waals surface area contributed by atoms with Crippen molar-refractivity contribution in [3.05, 3.63) is 63.2 Å². The smallest absolute Gasteiger partial charge is 0.269 e. The fourth-order valence-electron chi connectivity index (χ4n) is 4.35. The van der Waals surface area contributed by atoms with Gasteiger partial charge in [0.2, 0.25) is 5.91 Å². The van der Waals surface area contributed by atoms with E-state index in [2.05, 4.69) is 5.32 Å². The minimum absolute atomic E-state index is 0.0397. The van der Waals surface area contributed by atoms with Crippen LogP contribution in [0.25, 0.3) is 0 Å². The molecule has 0 saturated heterocycles. The molecule has 0 aliphatic heterocycles. The Balaban J connectivity index is 1.91. The van der Waals surface area contributed by atoms with E-state index in [9.17, 15) is 14.9 Å². The summed E-state index contributed by atoms with van der Waals surface area (Å²) in [4.78, 5) is 24.0. The van der Waals surface area contributed by atoms with Crippen molar-refractivity contribution in [2.24, 2.45) is 0 Å². The van der Waals surface area contributed by atoms with Crippen LogP contribution in [0.15, 0.2) is 36.4 Å². The van der Waals surface area contributed by atoms with Crippen molar-refractivity contribution in [3.8, 4) is 5.75 Å². The molecule has 0 spiro atoms. The summed E-state index contributed by atoms with van der Waals surface area (Å²) >= 11 is 0. The van der Waals surface area contributed by atoms with Gasteiger partial charge in [0.1, 0.15) is 5.75 Å². The van der Waals surface area contributed by atoms with Crippen molar-refractivity contribution in [1.29, 1.82) is 0 Å². The average Bonchev–Trinajstić information content (AvgIpc) is 2.71. The second-order valence-electron chi connectivity index (χ2n) is 7.77. The number of anilines is 1. The Kier molecular flexibility index (Phi) is 6.20. The van der Waals surface area contributed by atoms with Crippen LogP contribution in [0.1, 0.15) is 55.7 Å². The van der Waals surface area contributed by atoms with Crippen LogP contribution in [0.3, 0.4) is 0 Å². The van der Waals surface area contributed by atoms with Gasteiger partial charge in [-0.25, -0.2) is 0 Å². The number of hydrogen-bond acceptors (Lipinski definition) is 4. The molecule has 29 heavy (non-hydrogen) atoms. The third kappa shape index (κ3) is 4.26. The summed E-state index contributed by atoms with van der Waals surface area (Å²) in [5.74, 6) is 0.808. The maximum absolute atomic E-state index is 13.5. The van der Waals surface area contributed by atoms with Gasteiger partial charge < -0.3 is 10.1 Å². The van der Waals surface area contributed by atoms with Gasteiger partial charge in [-0.2, -0.15) is 0 Å². The summed E-state index contributed by atoms with van der Waals surface area (Å²) < 4.78 is 5.70. The molecule has 1 saturated carbocycles. The molecule has 1 aliphatic rings. The number of nitrogens with one attached hydrogen (secondary N) is 1. The van der Waals surface area contributed by atoms with Crippen LogP contribution in [0, 0.1) is 24.0 Å². The Hall–Kier alpha value is -2.89. The van der Waals surface area contributed by atoms with Gasteiger partial charge >= 0.3 is 0 Å². The molecule has 6 heteroatoms. The topological polar surface area (TPSA) is 81.5 Å². The molecule has 3 rings (SSSR count). The van der Waals surface area contributed by atoms with Gasteiger partial charge in [-0.3, -0.25) is 14.9 Å². The largest absolute Gasteiger partial charge is 0.493 e. The number of hydrogen-bond donors (Lipinski definition) is 1. The van der Waals surface area contributed by atoms with Crippen LogP contribution in [-0.4, -0.2) is 17.4 Å². The molecule has 1 N–H and O–H groups in total. The van der Waals surface area contributed by atoms with Crippen LogP contribution in [0.5, 0.6) is 5.75 Å². The number of ether oxygens (including phenoxy) is 1. The zero-order valence-corrected chi connectivity index (χ0v) is 17.3. The first-order valence-corrected chi connectivity index (χ1v) is 10.2. The van der Waals surface area contributed by atoms with Gasteiger partial charge in [0.05, 0.1) is 16.9 Å². The van der Waals surface area contributed by atoms with Crippen LogP contribution in [-0.2, 0) is 10.2 Å². The van der Waals surface area contributed by atoms with Gasteiger partial charge in [-0.15, -0.1) is 0 Å². The monoisotopic (exact) mass is 396 g/mol. The molecule has 1 amide bonds. The second-order valence-corrected chi connectivity index (χ2v) is 7.77. The number of nitro groups is 1. The van der Waals surface area contributed by atoms with E-state index in [-0.39, 0.29) is 11.6 Å². The minimum Gasteiger partial charge on any atom is -0.493 e. The number of non-ortho nitro benzene ring substituents is 1. The number of carbonyl (C=O) groups excluding carboxylic acids is 1. The number of carbonyl (C=O) groups is 1. The Morgan fingerprint density at radius 1 is 1.10 bits per heavy atom. The lowest BCUT2D eigenvalue weighted by atomic mass is 9.68. The molecule has 0 radical (unpaired) electrons. The molecule has 6 nitrogen and oxygen atoms in total. The highest BCUT2D eigenvalue weighted by molar-refractivity contribution is 5.99. The van der Waals surface area contributed by atoms with E-state index < -0.39 is 10.3 Å². The van der Waals surface area contributed by atoms with Crippen molar-refractivity contribution in [3.63, 3.8) is 0 Å². The summed E-state index contributed by atoms with van der Waals surface area (Å²) in [5, 5.41) is 14.1. The van der Waals surface area contributed by atoms with Gasteiger partial charge in [0, 0.05) is 17.8 Å². The molecule has 0 heterocycles. The molecule has 2 aromatic carbocycles. The van der Waals surface area contributed by atoms with E-state index in [1.54, 1.807) is 12.1 Å². The molecule has 0 unspecified atom stereocenters. The zero-order chi connectivity index (χ0) is 21.0. The van der Waals surface area contributed by atoms with Gasteiger partial charge in [-0.05, 0) is 62.4 Å². The number of rotatable bonds is 6. The SMILES string of the molecule is CCOc1c(C)cc(NC(=O)C2(c3ccc([N+](=O)[O-])cc3)CCCCC2)cc1C. The first-order chi connectivity index (χ1) is 13.9. The Labute approximate surface area is 171 Å². The van der Waals surface area contributed by atoms with Gasteiger partial charge in [-0.1, -0.05) is 31.4 Å². The quantitative estimate of drug-likeness (QED) is 0.520. The lowest BCUT2D eigenvalue weighted by Crippen LogP contribution is -2.42. The molecule has 0 bridgehead atoms. The zero-order valence-electron chi connectivity index (χ0n) is 17.3. The van der Waals surface area contributed by atoms with Gasteiger partial charge in [0.25, 0.3) is 5.69 Å². The molecular weight excluding hydrogens is 368 g/mol. The maximum atomic E-state index is 13.5. The molecule has 0 aromatic heterocycles. The predicted octanol–water partition coefficient (Wildman–Crippen LogP) is 5.45. The highest BCUT2D eigenvalue weighted by Gasteiger charge is 2.41. The van der Waals surface area contributed by atoms with E-state index in [1.165, 1.54) is 12.1 Å². The Morgan fingerprint density at radius 2 is 1.69 bits per heavy atom. The summed E-state index contributed by atoms with van der Waals surface area (Å²) in [6, 6.07) is 10.3. The fourth-order valence-corrected chi connectivity index (χ4v) is 4.35. The van der Waals surface area contributed by atoms with Crippen LogP contribution < -0.4 is 10.1 Å². The Bertz CT molecular complexity index is 877.